The second-order valence-corrected chi connectivity index (χ2v) is 7.82. The summed E-state index contributed by atoms with van der Waals surface area (Å²) >= 11 is 0. The van der Waals surface area contributed by atoms with Crippen LogP contribution in [0.4, 0.5) is 0 Å². The predicted molar refractivity (Wildman–Crippen MR) is 80.4 cm³/mol. The Morgan fingerprint density at radius 2 is 1.86 bits per heavy atom. The molecule has 0 aromatic heterocycles. The van der Waals surface area contributed by atoms with Crippen LogP contribution >= 0.6 is 7.57 Å². The van der Waals surface area contributed by atoms with E-state index in [1.54, 1.807) is 6.92 Å². The number of carbonyl (C=O) groups is 2. The molecule has 0 amide bonds. The highest BCUT2D eigenvalue weighted by Gasteiger charge is 2.40. The van der Waals surface area contributed by atoms with Crippen molar-refractivity contribution in [2.75, 3.05) is 6.79 Å². The number of Topliss-reactive ketones (excluding diaryl/α,β-unsaturated/α-hetero) is 1. The first kappa shape index (κ1) is 18.4. The van der Waals surface area contributed by atoms with Gasteiger partial charge in [-0.3, -0.25) is 14.1 Å². The molecule has 0 atom stereocenters. The molecule has 122 valence electrons. The molecule has 0 saturated heterocycles. The SMILES string of the molecule is C=P(O)(O)OCOC(=O)C1(C)CCC(C(=O)C(C)C)CC1. The molecule has 0 heterocycles. The summed E-state index contributed by atoms with van der Waals surface area (Å²) in [6.45, 7) is 5.06. The van der Waals surface area contributed by atoms with Crippen LogP contribution in [-0.2, 0) is 18.8 Å². The maximum absolute atomic E-state index is 12.1. The van der Waals surface area contributed by atoms with Crippen molar-refractivity contribution in [2.45, 2.75) is 46.5 Å². The minimum Gasteiger partial charge on any atom is -0.438 e. The van der Waals surface area contributed by atoms with Gasteiger partial charge in [-0.25, -0.2) is 0 Å². The fraction of sp³-hybridized carbons (Fsp3) is 0.786. The van der Waals surface area contributed by atoms with E-state index >= 15 is 0 Å². The third-order valence-corrected chi connectivity index (χ3v) is 4.52. The van der Waals surface area contributed by atoms with Crippen molar-refractivity contribution in [2.24, 2.45) is 17.3 Å². The number of ketones is 1. The van der Waals surface area contributed by atoms with Gasteiger partial charge in [0.05, 0.1) is 5.41 Å². The lowest BCUT2D eigenvalue weighted by Crippen LogP contribution is -2.37. The summed E-state index contributed by atoms with van der Waals surface area (Å²) in [6.07, 6.45) is 5.53. The molecule has 0 unspecified atom stereocenters. The fourth-order valence-corrected chi connectivity index (χ4v) is 2.78. The lowest BCUT2D eigenvalue weighted by Gasteiger charge is -2.35. The van der Waals surface area contributed by atoms with E-state index in [0.29, 0.717) is 25.7 Å². The number of esters is 1. The zero-order valence-corrected chi connectivity index (χ0v) is 13.8. The zero-order chi connectivity index (χ0) is 16.3. The Morgan fingerprint density at radius 3 is 2.29 bits per heavy atom. The van der Waals surface area contributed by atoms with E-state index in [0.717, 1.165) is 0 Å². The molecule has 0 aliphatic heterocycles. The lowest BCUT2D eigenvalue weighted by molar-refractivity contribution is -0.165. The van der Waals surface area contributed by atoms with Gasteiger partial charge in [0, 0.05) is 11.8 Å². The Bertz CT molecular complexity index is 431. The molecule has 2 N–H and O–H groups in total. The van der Waals surface area contributed by atoms with Crippen molar-refractivity contribution in [3.05, 3.63) is 0 Å². The van der Waals surface area contributed by atoms with Gasteiger partial charge in [0.1, 0.15) is 5.78 Å². The van der Waals surface area contributed by atoms with Crippen LogP contribution in [0.1, 0.15) is 46.5 Å². The predicted octanol–water partition coefficient (Wildman–Crippen LogP) is 2.10. The number of ether oxygens (including phenoxy) is 1. The largest absolute Gasteiger partial charge is 0.438 e. The molecule has 0 aromatic rings. The van der Waals surface area contributed by atoms with Crippen molar-refractivity contribution in [3.8, 4) is 0 Å². The van der Waals surface area contributed by atoms with Crippen molar-refractivity contribution in [1.29, 1.82) is 0 Å². The monoisotopic (exact) mass is 320 g/mol. The van der Waals surface area contributed by atoms with Gasteiger partial charge >= 0.3 is 5.97 Å². The quantitative estimate of drug-likeness (QED) is 0.442. The van der Waals surface area contributed by atoms with Crippen LogP contribution in [0.2, 0.25) is 0 Å². The van der Waals surface area contributed by atoms with Gasteiger partial charge < -0.3 is 14.5 Å². The molecule has 7 heteroatoms. The van der Waals surface area contributed by atoms with Crippen LogP contribution in [0.15, 0.2) is 0 Å². The first-order valence-corrected chi connectivity index (χ1v) is 8.89. The van der Waals surface area contributed by atoms with E-state index in [1.807, 2.05) is 13.8 Å². The van der Waals surface area contributed by atoms with Gasteiger partial charge in [-0.15, -0.1) is 0 Å². The Labute approximate surface area is 125 Å². The first-order chi connectivity index (χ1) is 9.55. The van der Waals surface area contributed by atoms with E-state index in [9.17, 15) is 9.59 Å². The molecule has 0 radical (unpaired) electrons. The van der Waals surface area contributed by atoms with Crippen LogP contribution in [0.5, 0.6) is 0 Å². The second-order valence-electron chi connectivity index (χ2n) is 6.24. The highest BCUT2D eigenvalue weighted by atomic mass is 31.2. The first-order valence-electron chi connectivity index (χ1n) is 7.09. The lowest BCUT2D eigenvalue weighted by atomic mass is 9.69. The third kappa shape index (κ3) is 5.55. The fourth-order valence-electron chi connectivity index (χ4n) is 2.55. The molecule has 6 nitrogen and oxygen atoms in total. The highest BCUT2D eigenvalue weighted by molar-refractivity contribution is 7.57. The number of hydrogen-bond acceptors (Lipinski definition) is 6. The van der Waals surface area contributed by atoms with Gasteiger partial charge in [0.15, 0.2) is 6.79 Å². The Kier molecular flexibility index (Phi) is 6.17. The molecular formula is C14H25O6P. The molecule has 21 heavy (non-hydrogen) atoms. The topological polar surface area (TPSA) is 93.1 Å². The molecule has 1 aliphatic rings. The molecule has 0 spiro atoms. The standard InChI is InChI=1S/C14H25O6P/c1-10(2)12(15)11-5-7-14(3,8-6-11)13(16)19-9-20-21(4,17)18/h10-11,17-18H,4-9H2,1-3H3. The summed E-state index contributed by atoms with van der Waals surface area (Å²) in [5.41, 5.74) is -0.649. The van der Waals surface area contributed by atoms with E-state index in [2.05, 4.69) is 10.8 Å². The number of carbonyl (C=O) groups excluding carboxylic acids is 2. The van der Waals surface area contributed by atoms with Crippen molar-refractivity contribution in [3.63, 3.8) is 0 Å². The molecule has 1 aliphatic carbocycles. The Hall–Kier alpha value is -0.680. The Morgan fingerprint density at radius 1 is 1.33 bits per heavy atom. The minimum atomic E-state index is -3.64. The molecule has 1 saturated carbocycles. The van der Waals surface area contributed by atoms with E-state index in [-0.39, 0.29) is 17.6 Å². The van der Waals surface area contributed by atoms with E-state index < -0.39 is 25.7 Å². The molecule has 1 fully saturated rings. The molecular weight excluding hydrogens is 295 g/mol. The van der Waals surface area contributed by atoms with Crippen LogP contribution in [-0.4, -0.2) is 34.6 Å². The van der Waals surface area contributed by atoms with Gasteiger partial charge in [-0.2, -0.15) is 0 Å². The van der Waals surface area contributed by atoms with Crippen molar-refractivity contribution in [1.82, 2.24) is 0 Å². The molecule has 1 rings (SSSR count). The van der Waals surface area contributed by atoms with Gasteiger partial charge in [0.25, 0.3) is 0 Å². The summed E-state index contributed by atoms with van der Waals surface area (Å²) in [5, 5.41) is 0. The number of hydrogen-bond donors (Lipinski definition) is 2. The summed E-state index contributed by atoms with van der Waals surface area (Å²) in [7, 11) is -3.64. The third-order valence-electron chi connectivity index (χ3n) is 4.00. The van der Waals surface area contributed by atoms with Crippen LogP contribution < -0.4 is 0 Å². The van der Waals surface area contributed by atoms with E-state index in [1.165, 1.54) is 0 Å². The maximum Gasteiger partial charge on any atom is 0.313 e. The summed E-state index contributed by atoms with van der Waals surface area (Å²) < 4.78 is 9.47. The van der Waals surface area contributed by atoms with Gasteiger partial charge in [-0.1, -0.05) is 13.8 Å². The van der Waals surface area contributed by atoms with Crippen LogP contribution in [0, 0.1) is 17.3 Å². The zero-order valence-electron chi connectivity index (χ0n) is 12.9. The Balaban J connectivity index is 2.48. The highest BCUT2D eigenvalue weighted by Crippen LogP contribution is 2.41. The minimum absolute atomic E-state index is 0.0166. The molecule has 0 bridgehead atoms. The smallest absolute Gasteiger partial charge is 0.313 e. The van der Waals surface area contributed by atoms with Crippen LogP contribution in [0.3, 0.4) is 0 Å². The molecule has 0 aromatic carbocycles. The summed E-state index contributed by atoms with van der Waals surface area (Å²) in [5.74, 6) is -0.147. The van der Waals surface area contributed by atoms with E-state index in [4.69, 9.17) is 14.5 Å². The average Bonchev–Trinajstić information content (AvgIpc) is 2.37. The summed E-state index contributed by atoms with van der Waals surface area (Å²) in [4.78, 5) is 41.9. The van der Waals surface area contributed by atoms with Gasteiger partial charge in [-0.05, 0) is 38.9 Å². The normalized spacial score (nSPS) is 26.7. The van der Waals surface area contributed by atoms with Crippen molar-refractivity contribution < 1.29 is 28.6 Å². The number of rotatable bonds is 6. The van der Waals surface area contributed by atoms with Crippen LogP contribution in [0.25, 0.3) is 0 Å². The average molecular weight is 320 g/mol. The second kappa shape index (κ2) is 7.05. The van der Waals surface area contributed by atoms with Crippen molar-refractivity contribution >= 4 is 25.6 Å². The van der Waals surface area contributed by atoms with Gasteiger partial charge in [0.2, 0.25) is 7.57 Å². The maximum atomic E-state index is 12.1. The summed E-state index contributed by atoms with van der Waals surface area (Å²) in [6, 6.07) is 0.